The smallest absolute Gasteiger partial charge is 0.0841 e. The summed E-state index contributed by atoms with van der Waals surface area (Å²) in [4.78, 5) is 0. The molecule has 0 aliphatic rings. The molecule has 0 atom stereocenters. The van der Waals surface area contributed by atoms with Crippen LogP contribution in [0.2, 0.25) is 0 Å². The third-order valence-corrected chi connectivity index (χ3v) is 2.84. The van der Waals surface area contributed by atoms with Crippen molar-refractivity contribution in [2.45, 2.75) is 0 Å². The lowest BCUT2D eigenvalue weighted by Crippen LogP contribution is -1.69. The van der Waals surface area contributed by atoms with E-state index >= 15 is 0 Å². The van der Waals surface area contributed by atoms with Crippen LogP contribution in [0.1, 0.15) is 11.1 Å². The van der Waals surface area contributed by atoms with Crippen LogP contribution in [-0.2, 0) is 0 Å². The van der Waals surface area contributed by atoms with E-state index in [1.165, 1.54) is 0 Å². The second-order valence-corrected chi connectivity index (χ2v) is 5.58. The van der Waals surface area contributed by atoms with E-state index in [0.29, 0.717) is 0 Å². The largest absolute Gasteiger partial charge is 0.107 e. The van der Waals surface area contributed by atoms with Crippen LogP contribution in [0.3, 0.4) is 0 Å². The quantitative estimate of drug-likeness (QED) is 0.575. The summed E-state index contributed by atoms with van der Waals surface area (Å²) >= 11 is 14.2. The first-order valence-corrected chi connectivity index (χ1v) is 7.12. The van der Waals surface area contributed by atoms with Crippen LogP contribution in [0.15, 0.2) is 71.7 Å². The molecule has 0 aliphatic carbocycles. The molecule has 2 aromatic rings. The molecule has 0 N–H and O–H groups in total. The van der Waals surface area contributed by atoms with Gasteiger partial charge < -0.3 is 0 Å². The van der Waals surface area contributed by atoms with Gasteiger partial charge in [0.15, 0.2) is 0 Å². The molecule has 0 aliphatic heterocycles. The Hall–Kier alpha value is -1.02. The molecular weight excluding hydrogens is 343 g/mol. The topological polar surface area (TPSA) is 0 Å². The van der Waals surface area contributed by atoms with Crippen LogP contribution in [0.25, 0.3) is 10.6 Å². The highest BCUT2D eigenvalue weighted by molar-refractivity contribution is 9.15. The van der Waals surface area contributed by atoms with Crippen molar-refractivity contribution in [2.75, 3.05) is 0 Å². The highest BCUT2D eigenvalue weighted by Gasteiger charge is 1.88. The lowest BCUT2D eigenvalue weighted by molar-refractivity contribution is 1.66. The fourth-order valence-electron chi connectivity index (χ4n) is 1.29. The normalized spacial score (nSPS) is 9.00. The van der Waals surface area contributed by atoms with Gasteiger partial charge in [-0.2, -0.15) is 0 Å². The van der Waals surface area contributed by atoms with Crippen molar-refractivity contribution in [1.29, 1.82) is 0 Å². The molecule has 0 nitrogen and oxygen atoms in total. The Labute approximate surface area is 132 Å². The second-order valence-electron chi connectivity index (χ2n) is 3.62. The number of halogens is 3. The van der Waals surface area contributed by atoms with Crippen LogP contribution in [0, 0.1) is 0 Å². The van der Waals surface area contributed by atoms with Crippen LogP contribution in [0.4, 0.5) is 0 Å². The van der Waals surface area contributed by atoms with Crippen LogP contribution >= 0.6 is 39.1 Å². The van der Waals surface area contributed by atoms with Crippen LogP contribution in [-0.4, -0.2) is 0 Å². The lowest BCUT2D eigenvalue weighted by atomic mass is 10.2. The maximum atomic E-state index is 5.44. The van der Waals surface area contributed by atoms with E-state index in [2.05, 4.69) is 22.5 Å². The zero-order valence-electron chi connectivity index (χ0n) is 10.2. The summed E-state index contributed by atoms with van der Waals surface area (Å²) in [7, 11) is 0. The first-order valence-electron chi connectivity index (χ1n) is 5.57. The molecule has 0 spiro atoms. The first-order chi connectivity index (χ1) is 9.09. The van der Waals surface area contributed by atoms with Gasteiger partial charge in [0.05, 0.1) is 0 Å². The van der Waals surface area contributed by atoms with Gasteiger partial charge in [-0.1, -0.05) is 106 Å². The molecule has 0 radical (unpaired) electrons. The van der Waals surface area contributed by atoms with E-state index in [1.54, 1.807) is 6.08 Å². The molecule has 2 aromatic carbocycles. The Morgan fingerprint density at radius 1 is 0.895 bits per heavy atom. The van der Waals surface area contributed by atoms with E-state index in [4.69, 9.17) is 23.2 Å². The van der Waals surface area contributed by atoms with Gasteiger partial charge in [0.25, 0.3) is 0 Å². The van der Waals surface area contributed by atoms with Gasteiger partial charge >= 0.3 is 0 Å². The van der Waals surface area contributed by atoms with Gasteiger partial charge in [-0.3, -0.25) is 0 Å². The van der Waals surface area contributed by atoms with Crippen molar-refractivity contribution in [3.63, 3.8) is 0 Å². The fraction of sp³-hybridized carbons (Fsp3) is 0. The zero-order valence-corrected chi connectivity index (χ0v) is 13.3. The Morgan fingerprint density at radius 2 is 1.37 bits per heavy atom. The molecule has 3 heteroatoms. The van der Waals surface area contributed by atoms with Gasteiger partial charge in [0.2, 0.25) is 0 Å². The number of rotatable bonds is 2. The van der Waals surface area contributed by atoms with Gasteiger partial charge in [0.1, 0.15) is 4.49 Å². The zero-order chi connectivity index (χ0) is 14.1. The van der Waals surface area contributed by atoms with Crippen molar-refractivity contribution >= 4 is 49.7 Å². The number of benzene rings is 2. The summed E-state index contributed by atoms with van der Waals surface area (Å²) in [5, 5.41) is 0. The molecule has 0 saturated carbocycles. The Kier molecular flexibility index (Phi) is 7.57. The first kappa shape index (κ1) is 16.0. The molecule has 0 heterocycles. The minimum absolute atomic E-state index is 0.284. The minimum atomic E-state index is 0.284. The SMILES string of the molecule is C=C(Br)c1ccccc1.ClC(Cl)=Cc1ccccc1. The van der Waals surface area contributed by atoms with Crippen molar-refractivity contribution in [3.8, 4) is 0 Å². The predicted molar refractivity (Wildman–Crippen MR) is 90.5 cm³/mol. The molecule has 0 amide bonds. The standard InChI is InChI=1S/C8H7Br.C8H6Cl2/c1-7(9)8-5-3-2-4-6-8;9-8(10)6-7-4-2-1-3-5-7/h2-6H,1H2;1-6H. The van der Waals surface area contributed by atoms with Crippen molar-refractivity contribution < 1.29 is 0 Å². The molecule has 0 bridgehead atoms. The fourth-order valence-corrected chi connectivity index (χ4v) is 1.81. The summed E-state index contributed by atoms with van der Waals surface area (Å²) in [6.45, 7) is 3.74. The van der Waals surface area contributed by atoms with E-state index in [0.717, 1.165) is 15.6 Å². The molecule has 0 unspecified atom stereocenters. The second kappa shape index (κ2) is 8.98. The van der Waals surface area contributed by atoms with E-state index < -0.39 is 0 Å². The summed E-state index contributed by atoms with van der Waals surface area (Å²) in [6, 6.07) is 19.7. The Morgan fingerprint density at radius 3 is 1.74 bits per heavy atom. The highest BCUT2D eigenvalue weighted by atomic mass is 79.9. The monoisotopic (exact) mass is 354 g/mol. The lowest BCUT2D eigenvalue weighted by Gasteiger charge is -1.92. The minimum Gasteiger partial charge on any atom is -0.0841 e. The third kappa shape index (κ3) is 7.22. The number of hydrogen-bond donors (Lipinski definition) is 0. The van der Waals surface area contributed by atoms with Gasteiger partial charge in [-0.25, -0.2) is 0 Å². The Balaban J connectivity index is 0.000000191. The summed E-state index contributed by atoms with van der Waals surface area (Å²) in [5.41, 5.74) is 2.15. The van der Waals surface area contributed by atoms with Crippen molar-refractivity contribution in [3.05, 3.63) is 82.9 Å². The molecule has 19 heavy (non-hydrogen) atoms. The molecule has 98 valence electrons. The summed E-state index contributed by atoms with van der Waals surface area (Å²) in [6.07, 6.45) is 1.70. The van der Waals surface area contributed by atoms with Crippen molar-refractivity contribution in [2.24, 2.45) is 0 Å². The maximum absolute atomic E-state index is 5.44. The molecule has 0 aromatic heterocycles. The average Bonchev–Trinajstić information content (AvgIpc) is 2.41. The van der Waals surface area contributed by atoms with Gasteiger partial charge in [-0.05, 0) is 17.2 Å². The third-order valence-electron chi connectivity index (χ3n) is 2.16. The summed E-state index contributed by atoms with van der Waals surface area (Å²) in [5.74, 6) is 0. The van der Waals surface area contributed by atoms with E-state index in [1.807, 2.05) is 60.7 Å². The molecular formula is C16H13BrCl2. The van der Waals surface area contributed by atoms with E-state index in [-0.39, 0.29) is 4.49 Å². The van der Waals surface area contributed by atoms with Gasteiger partial charge in [-0.15, -0.1) is 0 Å². The average molecular weight is 356 g/mol. The van der Waals surface area contributed by atoms with Gasteiger partial charge in [0, 0.05) is 4.48 Å². The summed E-state index contributed by atoms with van der Waals surface area (Å²) < 4.78 is 1.22. The molecule has 0 saturated heterocycles. The molecule has 2 rings (SSSR count). The van der Waals surface area contributed by atoms with E-state index in [9.17, 15) is 0 Å². The van der Waals surface area contributed by atoms with Crippen LogP contribution in [0.5, 0.6) is 0 Å². The highest BCUT2D eigenvalue weighted by Crippen LogP contribution is 2.16. The number of hydrogen-bond acceptors (Lipinski definition) is 0. The van der Waals surface area contributed by atoms with Crippen molar-refractivity contribution in [1.82, 2.24) is 0 Å². The van der Waals surface area contributed by atoms with Crippen LogP contribution < -0.4 is 0 Å². The Bertz CT molecular complexity index is 529. The maximum Gasteiger partial charge on any atom is 0.107 e. The molecule has 0 fully saturated rings. The predicted octanol–water partition coefficient (Wildman–Crippen LogP) is 6.51.